The summed E-state index contributed by atoms with van der Waals surface area (Å²) < 4.78 is 22.9. The summed E-state index contributed by atoms with van der Waals surface area (Å²) in [4.78, 5) is 16.3. The van der Waals surface area contributed by atoms with Gasteiger partial charge in [0.25, 0.3) is 0 Å². The van der Waals surface area contributed by atoms with Gasteiger partial charge in [0.2, 0.25) is 0 Å². The highest BCUT2D eigenvalue weighted by molar-refractivity contribution is 7.91. The minimum atomic E-state index is -2.96. The second kappa shape index (κ2) is 6.88. The van der Waals surface area contributed by atoms with E-state index in [1.807, 2.05) is 18.2 Å². The Balaban J connectivity index is 1.44. The van der Waals surface area contributed by atoms with Gasteiger partial charge in [0.1, 0.15) is 0 Å². The molecule has 2 saturated heterocycles. The summed E-state index contributed by atoms with van der Waals surface area (Å²) in [6.45, 7) is 3.93. The fourth-order valence-electron chi connectivity index (χ4n) is 3.13. The van der Waals surface area contributed by atoms with Crippen LogP contribution in [0.25, 0.3) is 0 Å². The van der Waals surface area contributed by atoms with Gasteiger partial charge < -0.3 is 10.2 Å². The first kappa shape index (κ1) is 16.3. The van der Waals surface area contributed by atoms with Gasteiger partial charge in [0.05, 0.1) is 11.5 Å². The molecule has 2 aliphatic heterocycles. The Bertz CT molecular complexity index is 640. The van der Waals surface area contributed by atoms with Crippen molar-refractivity contribution in [2.24, 2.45) is 0 Å². The topological polar surface area (TPSA) is 69.7 Å². The molecular weight excluding hydrogens is 314 g/mol. The van der Waals surface area contributed by atoms with Gasteiger partial charge in [-0.15, -0.1) is 0 Å². The fourth-order valence-corrected chi connectivity index (χ4v) is 4.80. The molecule has 0 aromatic heterocycles. The van der Waals surface area contributed by atoms with E-state index in [2.05, 4.69) is 22.3 Å². The predicted molar refractivity (Wildman–Crippen MR) is 88.9 cm³/mol. The molecule has 0 spiro atoms. The van der Waals surface area contributed by atoms with Crippen LogP contribution in [0.1, 0.15) is 12.0 Å². The van der Waals surface area contributed by atoms with Crippen LogP contribution in [0.15, 0.2) is 30.3 Å². The normalized spacial score (nSPS) is 24.5. The Kier molecular flexibility index (Phi) is 4.87. The first-order valence-electron chi connectivity index (χ1n) is 8.04. The first-order chi connectivity index (χ1) is 11.0. The molecule has 1 aromatic carbocycles. The smallest absolute Gasteiger partial charge is 0.317 e. The second-order valence-corrected chi connectivity index (χ2v) is 8.53. The summed E-state index contributed by atoms with van der Waals surface area (Å²) in [6, 6.07) is 9.94. The maximum Gasteiger partial charge on any atom is 0.317 e. The van der Waals surface area contributed by atoms with E-state index in [-0.39, 0.29) is 23.6 Å². The average Bonchev–Trinajstić information content (AvgIpc) is 2.88. The van der Waals surface area contributed by atoms with E-state index < -0.39 is 9.84 Å². The minimum absolute atomic E-state index is 0.0761. The van der Waals surface area contributed by atoms with Gasteiger partial charge in [-0.3, -0.25) is 4.90 Å². The van der Waals surface area contributed by atoms with Crippen molar-refractivity contribution in [3.8, 4) is 0 Å². The van der Waals surface area contributed by atoms with E-state index in [0.29, 0.717) is 19.5 Å². The highest BCUT2D eigenvalue weighted by Crippen LogP contribution is 2.13. The maximum absolute atomic E-state index is 12.2. The summed E-state index contributed by atoms with van der Waals surface area (Å²) in [5.74, 6) is 0.259. The van der Waals surface area contributed by atoms with E-state index in [1.54, 1.807) is 4.90 Å². The predicted octanol–water partition coefficient (Wildman–Crippen LogP) is 0.701. The lowest BCUT2D eigenvalue weighted by Crippen LogP contribution is -2.53. The van der Waals surface area contributed by atoms with Crippen LogP contribution in [0.2, 0.25) is 0 Å². The Morgan fingerprint density at radius 1 is 1.13 bits per heavy atom. The third-order valence-electron chi connectivity index (χ3n) is 4.47. The van der Waals surface area contributed by atoms with Gasteiger partial charge in [0.15, 0.2) is 9.84 Å². The zero-order chi connectivity index (χ0) is 16.3. The molecule has 2 amide bonds. The van der Waals surface area contributed by atoms with Gasteiger partial charge in [0, 0.05) is 38.8 Å². The van der Waals surface area contributed by atoms with Crippen LogP contribution in [-0.2, 0) is 16.4 Å². The molecule has 7 heteroatoms. The number of amides is 2. The van der Waals surface area contributed by atoms with E-state index >= 15 is 0 Å². The summed E-state index contributed by atoms with van der Waals surface area (Å²) in [7, 11) is -2.96. The van der Waals surface area contributed by atoms with Crippen molar-refractivity contribution in [3.63, 3.8) is 0 Å². The number of nitrogens with zero attached hydrogens (tertiary/aromatic N) is 2. The molecule has 126 valence electrons. The van der Waals surface area contributed by atoms with Gasteiger partial charge in [-0.25, -0.2) is 13.2 Å². The third-order valence-corrected chi connectivity index (χ3v) is 6.24. The summed E-state index contributed by atoms with van der Waals surface area (Å²) >= 11 is 0. The minimum Gasteiger partial charge on any atom is -0.334 e. The van der Waals surface area contributed by atoms with E-state index in [1.165, 1.54) is 5.56 Å². The van der Waals surface area contributed by atoms with Crippen LogP contribution in [0, 0.1) is 0 Å². The van der Waals surface area contributed by atoms with Gasteiger partial charge >= 0.3 is 6.03 Å². The average molecular weight is 337 g/mol. The SMILES string of the molecule is O=C(N[C@@H]1CCS(=O)(=O)C1)N1CCN(Cc2ccccc2)CC1. The molecule has 1 aromatic rings. The number of urea groups is 1. The van der Waals surface area contributed by atoms with E-state index in [9.17, 15) is 13.2 Å². The van der Waals surface area contributed by atoms with Gasteiger partial charge in [-0.05, 0) is 12.0 Å². The first-order valence-corrected chi connectivity index (χ1v) is 9.86. The standard InChI is InChI=1S/C16H23N3O3S/c20-16(17-15-6-11-23(21,22)13-15)19-9-7-18(8-10-19)12-14-4-2-1-3-5-14/h1-5,15H,6-13H2,(H,17,20)/t15-/m1/s1. The van der Waals surface area contributed by atoms with Crippen LogP contribution < -0.4 is 5.32 Å². The lowest BCUT2D eigenvalue weighted by Gasteiger charge is -2.35. The van der Waals surface area contributed by atoms with Gasteiger partial charge in [-0.2, -0.15) is 0 Å². The van der Waals surface area contributed by atoms with Crippen molar-refractivity contribution in [2.75, 3.05) is 37.7 Å². The molecule has 0 radical (unpaired) electrons. The molecule has 0 unspecified atom stereocenters. The Hall–Kier alpha value is -1.60. The number of carbonyl (C=O) groups is 1. The number of hydrogen-bond donors (Lipinski definition) is 1. The fraction of sp³-hybridized carbons (Fsp3) is 0.562. The maximum atomic E-state index is 12.2. The zero-order valence-electron chi connectivity index (χ0n) is 13.1. The third kappa shape index (κ3) is 4.45. The highest BCUT2D eigenvalue weighted by Gasteiger charge is 2.30. The van der Waals surface area contributed by atoms with Crippen LogP contribution in [0.3, 0.4) is 0 Å². The quantitative estimate of drug-likeness (QED) is 0.881. The molecule has 2 fully saturated rings. The van der Waals surface area contributed by atoms with Crippen molar-refractivity contribution >= 4 is 15.9 Å². The largest absolute Gasteiger partial charge is 0.334 e. The van der Waals surface area contributed by atoms with E-state index in [4.69, 9.17) is 0 Å². The number of piperazine rings is 1. The Morgan fingerprint density at radius 2 is 1.83 bits per heavy atom. The van der Waals surface area contributed by atoms with Crippen LogP contribution in [0.4, 0.5) is 4.79 Å². The molecule has 0 bridgehead atoms. The Morgan fingerprint density at radius 3 is 2.43 bits per heavy atom. The molecule has 2 aliphatic rings. The lowest BCUT2D eigenvalue weighted by atomic mass is 10.2. The van der Waals surface area contributed by atoms with Crippen LogP contribution in [-0.4, -0.2) is 68.0 Å². The van der Waals surface area contributed by atoms with Crippen LogP contribution >= 0.6 is 0 Å². The molecule has 6 nitrogen and oxygen atoms in total. The molecule has 3 rings (SSSR count). The molecule has 0 saturated carbocycles. The van der Waals surface area contributed by atoms with Crippen molar-refractivity contribution in [1.82, 2.24) is 15.1 Å². The zero-order valence-corrected chi connectivity index (χ0v) is 14.0. The van der Waals surface area contributed by atoms with Crippen LogP contribution in [0.5, 0.6) is 0 Å². The van der Waals surface area contributed by atoms with Gasteiger partial charge in [-0.1, -0.05) is 30.3 Å². The Labute approximate surface area is 137 Å². The number of sulfone groups is 1. The number of hydrogen-bond acceptors (Lipinski definition) is 4. The molecule has 0 aliphatic carbocycles. The molecular formula is C16H23N3O3S. The number of carbonyl (C=O) groups excluding carboxylic acids is 1. The highest BCUT2D eigenvalue weighted by atomic mass is 32.2. The van der Waals surface area contributed by atoms with Crippen molar-refractivity contribution in [3.05, 3.63) is 35.9 Å². The van der Waals surface area contributed by atoms with Crippen molar-refractivity contribution < 1.29 is 13.2 Å². The van der Waals surface area contributed by atoms with E-state index in [0.717, 1.165) is 19.6 Å². The molecule has 23 heavy (non-hydrogen) atoms. The number of benzene rings is 1. The van der Waals surface area contributed by atoms with Crippen molar-refractivity contribution in [1.29, 1.82) is 0 Å². The molecule has 1 N–H and O–H groups in total. The second-order valence-electron chi connectivity index (χ2n) is 6.30. The van der Waals surface area contributed by atoms with Crippen molar-refractivity contribution in [2.45, 2.75) is 19.0 Å². The number of rotatable bonds is 3. The summed E-state index contributed by atoms with van der Waals surface area (Å²) in [6.07, 6.45) is 0.530. The molecule has 2 heterocycles. The monoisotopic (exact) mass is 337 g/mol. The molecule has 1 atom stereocenters. The summed E-state index contributed by atoms with van der Waals surface area (Å²) in [5, 5.41) is 2.86. The number of nitrogens with one attached hydrogen (secondary N) is 1. The summed E-state index contributed by atoms with van der Waals surface area (Å²) in [5.41, 5.74) is 1.28. The lowest BCUT2D eigenvalue weighted by molar-refractivity contribution is 0.134.